The molecule has 3 nitrogen and oxygen atoms in total. The minimum Gasteiger partial charge on any atom is -0.306 e. The van der Waals surface area contributed by atoms with Gasteiger partial charge in [-0.05, 0) is 32.6 Å². The number of allylic oxidation sites excluding steroid dienone is 1. The zero-order valence-corrected chi connectivity index (χ0v) is 14.5. The molecule has 0 unspecified atom stereocenters. The first-order valence-electron chi connectivity index (χ1n) is 7.55. The van der Waals surface area contributed by atoms with Crippen molar-refractivity contribution in [3.05, 3.63) is 45.5 Å². The van der Waals surface area contributed by atoms with Crippen LogP contribution in [-0.2, 0) is 19.4 Å². The monoisotopic (exact) mass is 332 g/mol. The van der Waals surface area contributed by atoms with Gasteiger partial charge in [-0.15, -0.1) is 17.9 Å². The van der Waals surface area contributed by atoms with Crippen LogP contribution in [0.25, 0.3) is 10.3 Å². The number of aromatic nitrogens is 2. The Kier molecular flexibility index (Phi) is 4.54. The van der Waals surface area contributed by atoms with Crippen molar-refractivity contribution in [2.45, 2.75) is 44.3 Å². The third kappa shape index (κ3) is 2.79. The molecule has 1 aliphatic rings. The van der Waals surface area contributed by atoms with Crippen LogP contribution in [0.3, 0.4) is 0 Å². The van der Waals surface area contributed by atoms with E-state index in [1.54, 1.807) is 23.1 Å². The number of nitrogens with zero attached hydrogens (tertiary/aromatic N) is 2. The lowest BCUT2D eigenvalue weighted by atomic mass is 9.98. The van der Waals surface area contributed by atoms with E-state index in [9.17, 15) is 4.79 Å². The molecule has 0 aliphatic heterocycles. The minimum absolute atomic E-state index is 0.143. The van der Waals surface area contributed by atoms with E-state index >= 15 is 0 Å². The second-order valence-electron chi connectivity index (χ2n) is 5.73. The van der Waals surface area contributed by atoms with E-state index in [2.05, 4.69) is 22.7 Å². The highest BCUT2D eigenvalue weighted by molar-refractivity contribution is 7.99. The third-order valence-electron chi connectivity index (χ3n) is 3.77. The molecule has 0 amide bonds. The van der Waals surface area contributed by atoms with Gasteiger partial charge in [0.2, 0.25) is 5.43 Å². The Labute approximate surface area is 138 Å². The topological polar surface area (TPSA) is 34.9 Å². The van der Waals surface area contributed by atoms with Crippen LogP contribution in [0.1, 0.15) is 30.2 Å². The molecule has 0 fully saturated rings. The highest BCUT2D eigenvalue weighted by Crippen LogP contribution is 2.31. The molecule has 0 N–H and O–H groups in total. The van der Waals surface area contributed by atoms with Crippen LogP contribution in [0, 0.1) is 0 Å². The highest BCUT2D eigenvalue weighted by Gasteiger charge is 2.21. The first kappa shape index (κ1) is 15.6. The van der Waals surface area contributed by atoms with Gasteiger partial charge in [0.05, 0.1) is 0 Å². The van der Waals surface area contributed by atoms with Crippen LogP contribution in [-0.4, -0.2) is 15.3 Å². The molecule has 3 rings (SSSR count). The number of fused-ring (bicyclic) bond motifs is 2. The molecule has 0 spiro atoms. The molecular formula is C17H20N2OS2. The van der Waals surface area contributed by atoms with Crippen molar-refractivity contribution in [3.63, 3.8) is 0 Å². The fourth-order valence-electron chi connectivity index (χ4n) is 2.81. The van der Waals surface area contributed by atoms with Gasteiger partial charge in [0.1, 0.15) is 10.3 Å². The van der Waals surface area contributed by atoms with Crippen molar-refractivity contribution >= 4 is 33.4 Å². The lowest BCUT2D eigenvalue weighted by Crippen LogP contribution is -2.15. The summed E-state index contributed by atoms with van der Waals surface area (Å²) in [6.45, 7) is 10.5. The standard InChI is InChI=1S/C17H20N2OS2/c1-4-9-21-17-18-14-15(20)12-7-5-6-8-13(12)22-16(14)19(17)10-11(2)3/h4H,1-2,5-10H2,3H3. The summed E-state index contributed by atoms with van der Waals surface area (Å²) < 4.78 is 2.15. The smallest absolute Gasteiger partial charge is 0.211 e. The summed E-state index contributed by atoms with van der Waals surface area (Å²) in [5.74, 6) is 0.790. The van der Waals surface area contributed by atoms with Crippen molar-refractivity contribution in [3.8, 4) is 0 Å². The average molecular weight is 332 g/mol. The summed E-state index contributed by atoms with van der Waals surface area (Å²) in [4.78, 5) is 19.7. The molecule has 0 aromatic carbocycles. The Morgan fingerprint density at radius 3 is 2.95 bits per heavy atom. The number of imidazole rings is 1. The van der Waals surface area contributed by atoms with Gasteiger partial charge >= 0.3 is 0 Å². The van der Waals surface area contributed by atoms with Crippen LogP contribution < -0.4 is 5.43 Å². The Morgan fingerprint density at radius 2 is 2.23 bits per heavy atom. The highest BCUT2D eigenvalue weighted by atomic mass is 32.2. The van der Waals surface area contributed by atoms with E-state index in [4.69, 9.17) is 0 Å². The SMILES string of the molecule is C=CCSc1nc2c(=O)c3c(sc2n1CC(=C)C)CCCC3. The second-order valence-corrected chi connectivity index (χ2v) is 7.80. The summed E-state index contributed by atoms with van der Waals surface area (Å²) in [6.07, 6.45) is 6.09. The minimum atomic E-state index is 0.143. The lowest BCUT2D eigenvalue weighted by Gasteiger charge is -2.14. The summed E-state index contributed by atoms with van der Waals surface area (Å²) >= 11 is 3.37. The second kappa shape index (κ2) is 6.42. The fourth-order valence-corrected chi connectivity index (χ4v) is 4.90. The molecule has 5 heteroatoms. The fraction of sp³-hybridized carbons (Fsp3) is 0.412. The van der Waals surface area contributed by atoms with Crippen molar-refractivity contribution in [2.24, 2.45) is 0 Å². The van der Waals surface area contributed by atoms with Crippen LogP contribution in [0.15, 0.2) is 34.8 Å². The largest absolute Gasteiger partial charge is 0.306 e. The Balaban J connectivity index is 2.22. The summed E-state index contributed by atoms with van der Waals surface area (Å²) in [5.41, 5.74) is 2.85. The van der Waals surface area contributed by atoms with Crippen LogP contribution in [0.5, 0.6) is 0 Å². The predicted molar refractivity (Wildman–Crippen MR) is 96.3 cm³/mol. The van der Waals surface area contributed by atoms with E-state index in [0.29, 0.717) is 12.1 Å². The van der Waals surface area contributed by atoms with Crippen molar-refractivity contribution in [2.75, 3.05) is 5.75 Å². The molecule has 2 heterocycles. The Morgan fingerprint density at radius 1 is 1.45 bits per heavy atom. The maximum Gasteiger partial charge on any atom is 0.211 e. The number of hydrogen-bond acceptors (Lipinski definition) is 4. The molecule has 1 aliphatic carbocycles. The number of rotatable bonds is 5. The molecule has 0 atom stereocenters. The van der Waals surface area contributed by atoms with E-state index in [0.717, 1.165) is 46.1 Å². The Hall–Kier alpha value is -1.33. The van der Waals surface area contributed by atoms with Gasteiger partial charge in [-0.2, -0.15) is 0 Å². The van der Waals surface area contributed by atoms with Crippen molar-refractivity contribution in [1.29, 1.82) is 0 Å². The van der Waals surface area contributed by atoms with Crippen molar-refractivity contribution in [1.82, 2.24) is 9.55 Å². The van der Waals surface area contributed by atoms with Crippen molar-refractivity contribution < 1.29 is 0 Å². The molecule has 0 radical (unpaired) electrons. The molecule has 22 heavy (non-hydrogen) atoms. The lowest BCUT2D eigenvalue weighted by molar-refractivity contribution is 0.692. The van der Waals surface area contributed by atoms with Crippen LogP contribution in [0.2, 0.25) is 0 Å². The van der Waals surface area contributed by atoms with Gasteiger partial charge in [-0.1, -0.05) is 30.0 Å². The number of aryl methyl sites for hydroxylation is 1. The molecule has 2 aromatic heterocycles. The normalized spacial score (nSPS) is 14.0. The first-order chi connectivity index (χ1) is 10.6. The predicted octanol–water partition coefficient (Wildman–Crippen LogP) is 4.19. The number of thioether (sulfide) groups is 1. The summed E-state index contributed by atoms with van der Waals surface area (Å²) in [6, 6.07) is 0. The maximum atomic E-state index is 12.8. The first-order valence-corrected chi connectivity index (χ1v) is 9.35. The van der Waals surface area contributed by atoms with E-state index in [-0.39, 0.29) is 5.43 Å². The quantitative estimate of drug-likeness (QED) is 0.608. The molecule has 2 aromatic rings. The molecule has 0 saturated heterocycles. The molecule has 116 valence electrons. The van der Waals surface area contributed by atoms with Gasteiger partial charge in [-0.25, -0.2) is 4.98 Å². The van der Waals surface area contributed by atoms with Gasteiger partial charge in [0.15, 0.2) is 5.16 Å². The van der Waals surface area contributed by atoms with Gasteiger partial charge in [0, 0.05) is 22.7 Å². The average Bonchev–Trinajstić information content (AvgIpc) is 2.83. The Bertz CT molecular complexity index is 801. The maximum absolute atomic E-state index is 12.8. The van der Waals surface area contributed by atoms with Crippen LogP contribution in [0.4, 0.5) is 0 Å². The zero-order valence-electron chi connectivity index (χ0n) is 12.9. The third-order valence-corrected chi connectivity index (χ3v) is 6.05. The van der Waals surface area contributed by atoms with Gasteiger partial charge < -0.3 is 4.57 Å². The summed E-state index contributed by atoms with van der Waals surface area (Å²) in [5, 5.41) is 0.897. The number of hydrogen-bond donors (Lipinski definition) is 0. The molecule has 0 bridgehead atoms. The van der Waals surface area contributed by atoms with E-state index < -0.39 is 0 Å². The van der Waals surface area contributed by atoms with Gasteiger partial charge in [0.25, 0.3) is 0 Å². The molecular weight excluding hydrogens is 312 g/mol. The van der Waals surface area contributed by atoms with Gasteiger partial charge in [-0.3, -0.25) is 4.79 Å². The van der Waals surface area contributed by atoms with Crippen LogP contribution >= 0.6 is 23.1 Å². The van der Waals surface area contributed by atoms with E-state index in [1.165, 1.54) is 11.3 Å². The zero-order chi connectivity index (χ0) is 15.7. The van der Waals surface area contributed by atoms with E-state index in [1.807, 2.05) is 13.0 Å². The molecule has 0 saturated carbocycles. The summed E-state index contributed by atoms with van der Waals surface area (Å²) in [7, 11) is 0.